The Morgan fingerprint density at radius 2 is 2.04 bits per heavy atom. The molecule has 0 N–H and O–H groups in total. The van der Waals surface area contributed by atoms with Crippen LogP contribution in [0, 0.1) is 10.1 Å². The molecule has 25 heavy (non-hydrogen) atoms. The van der Waals surface area contributed by atoms with Crippen LogP contribution in [0.4, 0.5) is 11.4 Å². The number of anilines is 1. The molecule has 128 valence electrons. The monoisotopic (exact) mass is 344 g/mol. The number of rotatable bonds is 5. The van der Waals surface area contributed by atoms with Crippen molar-refractivity contribution in [3.05, 3.63) is 63.3 Å². The van der Waals surface area contributed by atoms with E-state index >= 15 is 0 Å². The van der Waals surface area contributed by atoms with Crippen LogP contribution in [0.2, 0.25) is 0 Å². The first-order valence-corrected chi connectivity index (χ1v) is 7.08. The summed E-state index contributed by atoms with van der Waals surface area (Å²) in [4.78, 5) is 35.5. The minimum absolute atomic E-state index is 0.0270. The van der Waals surface area contributed by atoms with Crippen molar-refractivity contribution in [3.8, 4) is 11.7 Å². The van der Waals surface area contributed by atoms with Crippen LogP contribution in [0.25, 0.3) is 11.7 Å². The smallest absolute Gasteiger partial charge is 0.437 e. The number of nitrogens with zero attached hydrogens (tertiary/aromatic N) is 4. The van der Waals surface area contributed by atoms with Crippen molar-refractivity contribution in [1.29, 1.82) is 0 Å². The molecule has 0 atom stereocenters. The molecular weight excluding hydrogens is 332 g/mol. The second-order valence-electron chi connectivity index (χ2n) is 5.03. The number of amides is 1. The quantitative estimate of drug-likeness (QED) is 0.509. The van der Waals surface area contributed by atoms with Gasteiger partial charge in [0.25, 0.3) is 11.6 Å². The zero-order valence-electron chi connectivity index (χ0n) is 13.0. The first-order valence-electron chi connectivity index (χ1n) is 7.08. The third-order valence-corrected chi connectivity index (χ3v) is 3.45. The highest BCUT2D eigenvalue weighted by Gasteiger charge is 2.18. The van der Waals surface area contributed by atoms with Crippen molar-refractivity contribution in [3.63, 3.8) is 0 Å². The Kier molecular flexibility index (Phi) is 4.16. The van der Waals surface area contributed by atoms with E-state index in [2.05, 4.69) is 5.10 Å². The third kappa shape index (κ3) is 3.32. The van der Waals surface area contributed by atoms with E-state index in [-0.39, 0.29) is 23.9 Å². The van der Waals surface area contributed by atoms with Crippen LogP contribution in [0.1, 0.15) is 0 Å². The highest BCUT2D eigenvalue weighted by Crippen LogP contribution is 2.19. The molecule has 0 aliphatic carbocycles. The summed E-state index contributed by atoms with van der Waals surface area (Å²) in [6.07, 6.45) is 1.40. The zero-order valence-corrected chi connectivity index (χ0v) is 13.0. The molecule has 0 fully saturated rings. The van der Waals surface area contributed by atoms with E-state index in [0.29, 0.717) is 5.69 Å². The van der Waals surface area contributed by atoms with Crippen molar-refractivity contribution in [1.82, 2.24) is 9.78 Å². The second kappa shape index (κ2) is 6.43. The van der Waals surface area contributed by atoms with Crippen molar-refractivity contribution in [2.75, 3.05) is 11.9 Å². The summed E-state index contributed by atoms with van der Waals surface area (Å²) in [6, 6.07) is 8.64. The molecule has 0 unspecified atom stereocenters. The molecular formula is C15H12N4O6. The summed E-state index contributed by atoms with van der Waals surface area (Å²) in [5, 5.41) is 14.6. The van der Waals surface area contributed by atoms with Crippen molar-refractivity contribution < 1.29 is 18.6 Å². The summed E-state index contributed by atoms with van der Waals surface area (Å²) in [6.45, 7) is -0.351. The normalized spacial score (nSPS) is 10.6. The second-order valence-corrected chi connectivity index (χ2v) is 5.03. The molecule has 2 aromatic heterocycles. The number of benzene rings is 1. The molecule has 0 radical (unpaired) electrons. The topological polar surface area (TPSA) is 125 Å². The van der Waals surface area contributed by atoms with Crippen LogP contribution >= 0.6 is 0 Å². The van der Waals surface area contributed by atoms with E-state index < -0.39 is 16.6 Å². The number of hydrogen-bond acceptors (Lipinski definition) is 7. The van der Waals surface area contributed by atoms with E-state index in [1.54, 1.807) is 12.1 Å². The number of furan rings is 1. The van der Waals surface area contributed by atoms with E-state index in [0.717, 1.165) is 4.68 Å². The van der Waals surface area contributed by atoms with E-state index in [9.17, 15) is 19.7 Å². The molecule has 0 spiro atoms. The van der Waals surface area contributed by atoms with Gasteiger partial charge in [-0.15, -0.1) is 5.10 Å². The van der Waals surface area contributed by atoms with Gasteiger partial charge in [-0.3, -0.25) is 14.9 Å². The molecule has 3 rings (SSSR count). The molecule has 10 nitrogen and oxygen atoms in total. The highest BCUT2D eigenvalue weighted by molar-refractivity contribution is 5.92. The first kappa shape index (κ1) is 16.2. The van der Waals surface area contributed by atoms with Crippen LogP contribution in [-0.4, -0.2) is 27.7 Å². The molecule has 10 heteroatoms. The summed E-state index contributed by atoms with van der Waals surface area (Å²) < 4.78 is 10.9. The predicted molar refractivity (Wildman–Crippen MR) is 85.0 cm³/mol. The van der Waals surface area contributed by atoms with E-state index in [1.807, 2.05) is 0 Å². The minimum Gasteiger partial charge on any atom is -0.459 e. The van der Waals surface area contributed by atoms with Gasteiger partial charge in [0.1, 0.15) is 6.54 Å². The SMILES string of the molecule is CN(C(=O)Cn1nc(-c2ccco2)oc1=O)c1ccc([N+](=O)[O-])cc1. The van der Waals surface area contributed by atoms with Crippen LogP contribution < -0.4 is 10.7 Å². The van der Waals surface area contributed by atoms with Crippen LogP contribution in [0.15, 0.2) is 56.3 Å². The molecule has 0 aliphatic rings. The fourth-order valence-electron chi connectivity index (χ4n) is 2.08. The zero-order chi connectivity index (χ0) is 18.0. The number of carbonyl (C=O) groups excluding carboxylic acids is 1. The van der Waals surface area contributed by atoms with Gasteiger partial charge in [-0.2, -0.15) is 4.68 Å². The minimum atomic E-state index is -0.795. The molecule has 1 aromatic carbocycles. The van der Waals surface area contributed by atoms with Gasteiger partial charge in [0, 0.05) is 24.9 Å². The lowest BCUT2D eigenvalue weighted by atomic mass is 10.2. The van der Waals surface area contributed by atoms with Crippen molar-refractivity contribution in [2.45, 2.75) is 6.54 Å². The summed E-state index contributed by atoms with van der Waals surface area (Å²) in [5.74, 6) is -1.00. The van der Waals surface area contributed by atoms with Gasteiger partial charge in [-0.1, -0.05) is 0 Å². The van der Waals surface area contributed by atoms with Crippen molar-refractivity contribution >= 4 is 17.3 Å². The Labute approximate surface area is 140 Å². The summed E-state index contributed by atoms with van der Waals surface area (Å²) in [5.41, 5.74) is 0.360. The van der Waals surface area contributed by atoms with Crippen LogP contribution in [0.5, 0.6) is 0 Å². The number of likely N-dealkylation sites (N-methyl/N-ethyl adjacent to an activating group) is 1. The lowest BCUT2D eigenvalue weighted by molar-refractivity contribution is -0.384. The van der Waals surface area contributed by atoms with Gasteiger partial charge in [0.2, 0.25) is 5.91 Å². The molecule has 0 aliphatic heterocycles. The standard InChI is InChI=1S/C15H12N4O6/c1-17(10-4-6-11(7-5-10)19(22)23)13(20)9-18-15(21)25-14(16-18)12-3-2-8-24-12/h2-8H,9H2,1H3. The summed E-state index contributed by atoms with van der Waals surface area (Å²) in [7, 11) is 1.49. The maximum absolute atomic E-state index is 12.3. The predicted octanol–water partition coefficient (Wildman–Crippen LogP) is 1.67. The maximum atomic E-state index is 12.3. The summed E-state index contributed by atoms with van der Waals surface area (Å²) >= 11 is 0. The fourth-order valence-corrected chi connectivity index (χ4v) is 2.08. The van der Waals surface area contributed by atoms with Crippen LogP contribution in [0.3, 0.4) is 0 Å². The van der Waals surface area contributed by atoms with Gasteiger partial charge >= 0.3 is 5.76 Å². The number of hydrogen-bond donors (Lipinski definition) is 0. The number of non-ortho nitro benzene ring substituents is 1. The van der Waals surface area contributed by atoms with Gasteiger partial charge in [-0.25, -0.2) is 4.79 Å². The first-order chi connectivity index (χ1) is 12.0. The highest BCUT2D eigenvalue weighted by atomic mass is 16.6. The number of nitro groups is 1. The maximum Gasteiger partial charge on any atom is 0.437 e. The van der Waals surface area contributed by atoms with E-state index in [1.165, 1.54) is 42.5 Å². The average Bonchev–Trinajstić information content (AvgIpc) is 3.24. The van der Waals surface area contributed by atoms with Gasteiger partial charge in [0.05, 0.1) is 11.2 Å². The van der Waals surface area contributed by atoms with Gasteiger partial charge in [-0.05, 0) is 24.3 Å². The Morgan fingerprint density at radius 1 is 1.32 bits per heavy atom. The van der Waals surface area contributed by atoms with Gasteiger partial charge in [0.15, 0.2) is 5.76 Å². The van der Waals surface area contributed by atoms with Crippen LogP contribution in [-0.2, 0) is 11.3 Å². The molecule has 3 aromatic rings. The number of carbonyl (C=O) groups is 1. The lowest BCUT2D eigenvalue weighted by Gasteiger charge is -2.16. The number of nitro benzene ring substituents is 1. The van der Waals surface area contributed by atoms with E-state index in [4.69, 9.17) is 8.83 Å². The molecule has 2 heterocycles. The molecule has 1 amide bonds. The molecule has 0 saturated carbocycles. The molecule has 0 bridgehead atoms. The fraction of sp³-hybridized carbons (Fsp3) is 0.133. The van der Waals surface area contributed by atoms with Crippen molar-refractivity contribution in [2.24, 2.45) is 0 Å². The average molecular weight is 344 g/mol. The Bertz CT molecular complexity index is 955. The largest absolute Gasteiger partial charge is 0.459 e. The Hall–Kier alpha value is -3.69. The Balaban J connectivity index is 1.75. The van der Waals surface area contributed by atoms with Gasteiger partial charge < -0.3 is 13.7 Å². The third-order valence-electron chi connectivity index (χ3n) is 3.45. The lowest BCUT2D eigenvalue weighted by Crippen LogP contribution is -2.33. The Morgan fingerprint density at radius 3 is 2.64 bits per heavy atom. The number of aromatic nitrogens is 2. The molecule has 0 saturated heterocycles.